The zero-order valence-electron chi connectivity index (χ0n) is 30.1. The molecule has 2 aromatic carbocycles. The van der Waals surface area contributed by atoms with Crippen LogP contribution in [0.1, 0.15) is 86.1 Å². The van der Waals surface area contributed by atoms with Crippen molar-refractivity contribution in [3.63, 3.8) is 0 Å². The number of likely N-dealkylation sites (tertiary alicyclic amines) is 1. The third kappa shape index (κ3) is 10.0. The fraction of sp³-hybridized carbons (Fsp3) is 0.514. The first-order valence-electron chi connectivity index (χ1n) is 17.1. The Kier molecular flexibility index (Phi) is 12.5. The second-order valence-electron chi connectivity index (χ2n) is 14.1. The lowest BCUT2D eigenvalue weighted by Gasteiger charge is -2.42. The van der Waals surface area contributed by atoms with Crippen LogP contribution in [0.2, 0.25) is 0 Å². The number of esters is 1. The fourth-order valence-corrected chi connectivity index (χ4v) is 6.69. The van der Waals surface area contributed by atoms with Crippen molar-refractivity contribution in [3.8, 4) is 11.1 Å². The molecule has 0 bridgehead atoms. The van der Waals surface area contributed by atoms with Gasteiger partial charge in [0.2, 0.25) is 5.91 Å². The second kappa shape index (κ2) is 15.9. The number of aryl methyl sites for hydroxylation is 2. The number of amides is 1. The van der Waals surface area contributed by atoms with Gasteiger partial charge in [0.1, 0.15) is 17.5 Å². The van der Waals surface area contributed by atoms with Gasteiger partial charge in [0.25, 0.3) is 0 Å². The van der Waals surface area contributed by atoms with Crippen molar-refractivity contribution in [2.45, 2.75) is 90.9 Å². The predicted molar refractivity (Wildman–Crippen MR) is 180 cm³/mol. The summed E-state index contributed by atoms with van der Waals surface area (Å²) in [6.45, 7) is 9.24. The van der Waals surface area contributed by atoms with E-state index in [-0.39, 0.29) is 50.6 Å². The lowest BCUT2D eigenvalue weighted by molar-refractivity contribution is -0.144. The molecule has 290 valence electrons. The van der Waals surface area contributed by atoms with E-state index < -0.39 is 82.3 Å². The van der Waals surface area contributed by atoms with Crippen LogP contribution in [-0.4, -0.2) is 58.2 Å². The molecule has 0 aliphatic carbocycles. The Morgan fingerprint density at radius 2 is 1.66 bits per heavy atom. The Bertz CT molecular complexity index is 1860. The number of hydrogen-bond acceptors (Lipinski definition) is 6. The minimum Gasteiger partial charge on any atom is -0.466 e. The van der Waals surface area contributed by atoms with Crippen molar-refractivity contribution in [1.82, 2.24) is 19.8 Å². The predicted octanol–water partition coefficient (Wildman–Crippen LogP) is 7.69. The number of nitrogens with one attached hydrogen (secondary N) is 1. The molecule has 0 saturated carbocycles. The van der Waals surface area contributed by atoms with E-state index in [4.69, 9.17) is 4.74 Å². The van der Waals surface area contributed by atoms with Gasteiger partial charge >= 0.3 is 24.0 Å². The van der Waals surface area contributed by atoms with E-state index in [9.17, 15) is 45.1 Å². The smallest absolute Gasteiger partial charge is 0.433 e. The van der Waals surface area contributed by atoms with E-state index in [0.717, 1.165) is 12.3 Å². The van der Waals surface area contributed by atoms with Crippen molar-refractivity contribution < 1.29 is 49.4 Å². The van der Waals surface area contributed by atoms with Gasteiger partial charge in [-0.2, -0.15) is 31.3 Å². The number of benzene rings is 2. The molecule has 1 fully saturated rings. The summed E-state index contributed by atoms with van der Waals surface area (Å²) in [6.07, 6.45) is -10.7. The average Bonchev–Trinajstić information content (AvgIpc) is 3.01. The highest BCUT2D eigenvalue weighted by atomic mass is 19.4. The average molecular weight is 759 g/mol. The number of carbonyl (C=O) groups excluding carboxylic acids is 2. The zero-order valence-corrected chi connectivity index (χ0v) is 30.1. The maximum Gasteiger partial charge on any atom is 0.433 e. The van der Waals surface area contributed by atoms with Crippen LogP contribution < -0.4 is 11.0 Å². The number of alkyl halides is 7. The molecular weight excluding hydrogens is 716 g/mol. The minimum atomic E-state index is -5.20. The Hall–Kier alpha value is -4.34. The van der Waals surface area contributed by atoms with Gasteiger partial charge in [0, 0.05) is 37.0 Å². The quantitative estimate of drug-likeness (QED) is 0.142. The molecule has 0 spiro atoms. The Morgan fingerprint density at radius 3 is 2.19 bits per heavy atom. The lowest BCUT2D eigenvalue weighted by Crippen LogP contribution is -2.57. The molecule has 0 unspecified atom stereocenters. The molecule has 8 nitrogen and oxygen atoms in total. The highest BCUT2D eigenvalue weighted by Gasteiger charge is 2.41. The number of halogens is 8. The molecule has 4 rings (SSSR count). The monoisotopic (exact) mass is 758 g/mol. The van der Waals surface area contributed by atoms with Gasteiger partial charge in [-0.15, -0.1) is 0 Å². The van der Waals surface area contributed by atoms with E-state index in [2.05, 4.69) is 10.3 Å². The first-order chi connectivity index (χ1) is 24.5. The van der Waals surface area contributed by atoms with Crippen LogP contribution in [-0.2, 0) is 33.1 Å². The van der Waals surface area contributed by atoms with Crippen molar-refractivity contribution in [1.29, 1.82) is 0 Å². The summed E-state index contributed by atoms with van der Waals surface area (Å²) in [7, 11) is 0. The van der Waals surface area contributed by atoms with Crippen LogP contribution >= 0.6 is 0 Å². The molecule has 1 amide bonds. The molecule has 1 N–H and O–H groups in total. The summed E-state index contributed by atoms with van der Waals surface area (Å²) >= 11 is 0. The number of carbonyl (C=O) groups is 2. The first-order valence-corrected chi connectivity index (χ1v) is 17.1. The Balaban J connectivity index is 1.84. The topological polar surface area (TPSA) is 93.5 Å². The summed E-state index contributed by atoms with van der Waals surface area (Å²) in [5.74, 6) is -4.22. The number of aromatic nitrogens is 2. The van der Waals surface area contributed by atoms with Gasteiger partial charge in [-0.3, -0.25) is 19.1 Å². The van der Waals surface area contributed by atoms with Crippen LogP contribution in [0.3, 0.4) is 0 Å². The normalized spacial score (nSPS) is 15.9. The molecule has 1 aromatic heterocycles. The second-order valence-corrected chi connectivity index (χ2v) is 14.1. The van der Waals surface area contributed by atoms with E-state index in [1.165, 1.54) is 13.8 Å². The zero-order chi connectivity index (χ0) is 39.6. The van der Waals surface area contributed by atoms with E-state index in [1.807, 2.05) is 0 Å². The molecule has 16 heteroatoms. The fourth-order valence-electron chi connectivity index (χ4n) is 6.69. The molecule has 2 heterocycles. The third-order valence-corrected chi connectivity index (χ3v) is 8.98. The largest absolute Gasteiger partial charge is 0.466 e. The maximum atomic E-state index is 16.0. The van der Waals surface area contributed by atoms with Gasteiger partial charge in [0.15, 0.2) is 5.69 Å². The van der Waals surface area contributed by atoms with E-state index in [1.54, 1.807) is 50.8 Å². The van der Waals surface area contributed by atoms with Crippen LogP contribution in [0.4, 0.5) is 35.1 Å². The number of nitrogens with zero attached hydrogens (tertiary/aromatic N) is 3. The van der Waals surface area contributed by atoms with Gasteiger partial charge in [-0.25, -0.2) is 13.6 Å². The van der Waals surface area contributed by atoms with Gasteiger partial charge in [-0.1, -0.05) is 32.0 Å². The summed E-state index contributed by atoms with van der Waals surface area (Å²) in [6, 6.07) is 3.37. The Morgan fingerprint density at radius 1 is 1.04 bits per heavy atom. The minimum absolute atomic E-state index is 0.0113. The third-order valence-electron chi connectivity index (χ3n) is 8.98. The van der Waals surface area contributed by atoms with Crippen LogP contribution in [0.5, 0.6) is 0 Å². The molecule has 2 atom stereocenters. The highest BCUT2D eigenvalue weighted by molar-refractivity contribution is 5.82. The van der Waals surface area contributed by atoms with Crippen molar-refractivity contribution in [3.05, 3.63) is 86.3 Å². The van der Waals surface area contributed by atoms with Gasteiger partial charge in [-0.05, 0) is 80.8 Å². The van der Waals surface area contributed by atoms with E-state index in [0.29, 0.717) is 27.3 Å². The number of ether oxygens (including phenoxy) is 1. The van der Waals surface area contributed by atoms with Crippen molar-refractivity contribution in [2.24, 2.45) is 5.92 Å². The van der Waals surface area contributed by atoms with Gasteiger partial charge < -0.3 is 10.1 Å². The van der Waals surface area contributed by atoms with Crippen molar-refractivity contribution >= 4 is 11.9 Å². The molecule has 1 saturated heterocycles. The summed E-state index contributed by atoms with van der Waals surface area (Å²) < 4.78 is 121. The highest BCUT2D eigenvalue weighted by Crippen LogP contribution is 2.40. The molecule has 3 aromatic rings. The van der Waals surface area contributed by atoms with Crippen LogP contribution in [0.15, 0.2) is 41.3 Å². The van der Waals surface area contributed by atoms with Crippen LogP contribution in [0, 0.1) is 25.6 Å². The standard InChI is InChI=1S/C37H42F8N4O4/c1-7-53-29(50)16-27(25-14-24(15-26(31(25)38)36(40,41)42)30-21(4)9-8-10-22(30)5)46-33(51)28(13-20(2)3)49-17-23(11-12-48-18-35(6,39)19-48)32(37(43,44)45)47-34(49)52/h8-10,14-15,17,20,27-28H,7,11-13,16,18-19H2,1-6H3,(H,46,51)/t27-,28-/m0/s1. The molecule has 1 aliphatic rings. The van der Waals surface area contributed by atoms with Crippen LogP contribution in [0.25, 0.3) is 11.1 Å². The number of hydrogen-bond donors (Lipinski definition) is 1. The molecular formula is C37H42F8N4O4. The molecule has 53 heavy (non-hydrogen) atoms. The number of rotatable bonds is 13. The first kappa shape index (κ1) is 41.4. The van der Waals surface area contributed by atoms with E-state index >= 15 is 4.39 Å². The summed E-state index contributed by atoms with van der Waals surface area (Å²) in [5.41, 5.74) is -5.76. The maximum absolute atomic E-state index is 16.0. The summed E-state index contributed by atoms with van der Waals surface area (Å²) in [5, 5.41) is 2.42. The molecule has 0 radical (unpaired) electrons. The Labute approximate surface area is 301 Å². The SMILES string of the molecule is CCOC(=O)C[C@H](NC(=O)[C@H](CC(C)C)n1cc(CCN2CC(C)(F)C2)c(C(F)(F)F)nc1=O)c1cc(-c2c(C)cccc2C)cc(C(F)(F)F)c1F. The van der Waals surface area contributed by atoms with Gasteiger partial charge in [0.05, 0.1) is 24.6 Å². The van der Waals surface area contributed by atoms with Crippen molar-refractivity contribution in [2.75, 3.05) is 26.2 Å². The summed E-state index contributed by atoms with van der Waals surface area (Å²) in [4.78, 5) is 45.0. The lowest BCUT2D eigenvalue weighted by atomic mass is 9.90. The molecule has 1 aliphatic heterocycles.